The molecule has 1 nitrogen and oxygen atoms in total. The molecular formula is C11H21N. The second-order valence-electron chi connectivity index (χ2n) is 5.25. The lowest BCUT2D eigenvalue weighted by molar-refractivity contribution is 0.0733. The summed E-state index contributed by atoms with van der Waals surface area (Å²) < 4.78 is 0. The highest BCUT2D eigenvalue weighted by Crippen LogP contribution is 2.44. The molecule has 12 heavy (non-hydrogen) atoms. The molecular weight excluding hydrogens is 146 g/mol. The molecule has 1 N–H and O–H groups in total. The fourth-order valence-corrected chi connectivity index (χ4v) is 3.11. The smallest absolute Gasteiger partial charge is 0.00677 e. The molecule has 2 bridgehead atoms. The summed E-state index contributed by atoms with van der Waals surface area (Å²) in [6.07, 6.45) is 7.29. The molecule has 1 saturated carbocycles. The minimum Gasteiger partial charge on any atom is -0.313 e. The van der Waals surface area contributed by atoms with E-state index in [1.807, 2.05) is 0 Å². The Morgan fingerprint density at radius 2 is 2.00 bits per heavy atom. The summed E-state index contributed by atoms with van der Waals surface area (Å²) in [7, 11) is 0. The first-order valence-corrected chi connectivity index (χ1v) is 5.44. The van der Waals surface area contributed by atoms with Crippen molar-refractivity contribution >= 4 is 0 Å². The van der Waals surface area contributed by atoms with Crippen LogP contribution >= 0.6 is 0 Å². The van der Waals surface area contributed by atoms with Gasteiger partial charge in [-0.2, -0.15) is 0 Å². The predicted octanol–water partition coefficient (Wildman–Crippen LogP) is 2.56. The van der Waals surface area contributed by atoms with Crippen molar-refractivity contribution in [1.29, 1.82) is 0 Å². The molecule has 0 radical (unpaired) electrons. The number of hydrogen-bond acceptors (Lipinski definition) is 1. The van der Waals surface area contributed by atoms with Crippen LogP contribution < -0.4 is 5.32 Å². The lowest BCUT2D eigenvalue weighted by Crippen LogP contribution is -2.51. The Morgan fingerprint density at radius 3 is 2.42 bits per heavy atom. The van der Waals surface area contributed by atoms with Gasteiger partial charge in [-0.05, 0) is 43.4 Å². The Bertz CT molecular complexity index is 141. The van der Waals surface area contributed by atoms with Crippen molar-refractivity contribution in [3.8, 4) is 0 Å². The Kier molecular flexibility index (Phi) is 2.16. The molecule has 3 aliphatic rings. The predicted molar refractivity (Wildman–Crippen MR) is 52.1 cm³/mol. The van der Waals surface area contributed by atoms with Gasteiger partial charge in [-0.1, -0.05) is 13.8 Å². The molecule has 0 unspecified atom stereocenters. The molecule has 2 heterocycles. The second-order valence-corrected chi connectivity index (χ2v) is 5.25. The molecule has 3 rings (SSSR count). The van der Waals surface area contributed by atoms with E-state index in [1.165, 1.54) is 38.6 Å². The van der Waals surface area contributed by atoms with Gasteiger partial charge < -0.3 is 5.32 Å². The van der Waals surface area contributed by atoms with Crippen molar-refractivity contribution < 1.29 is 0 Å². The summed E-state index contributed by atoms with van der Waals surface area (Å²) in [6, 6.07) is 0.874. The lowest BCUT2D eigenvalue weighted by atomic mass is 9.65. The zero-order valence-electron chi connectivity index (χ0n) is 8.40. The van der Waals surface area contributed by atoms with Crippen LogP contribution in [0.3, 0.4) is 0 Å². The van der Waals surface area contributed by atoms with Gasteiger partial charge in [0.1, 0.15) is 0 Å². The fourth-order valence-electron chi connectivity index (χ4n) is 3.11. The molecule has 1 heteroatoms. The van der Waals surface area contributed by atoms with Gasteiger partial charge in [0.05, 0.1) is 0 Å². The topological polar surface area (TPSA) is 12.0 Å². The molecule has 2 aliphatic heterocycles. The van der Waals surface area contributed by atoms with Crippen molar-refractivity contribution in [3.63, 3.8) is 0 Å². The minimum absolute atomic E-state index is 0.697. The summed E-state index contributed by atoms with van der Waals surface area (Å²) in [5.74, 6) is 0.876. The molecule has 0 aromatic rings. The molecule has 0 aromatic heterocycles. The van der Waals surface area contributed by atoms with E-state index in [9.17, 15) is 0 Å². The first-order chi connectivity index (χ1) is 5.70. The Balaban J connectivity index is 1.99. The van der Waals surface area contributed by atoms with Crippen LogP contribution in [0.2, 0.25) is 0 Å². The van der Waals surface area contributed by atoms with Gasteiger partial charge in [0.25, 0.3) is 0 Å². The molecule has 0 aromatic carbocycles. The highest BCUT2D eigenvalue weighted by atomic mass is 15.0. The van der Waals surface area contributed by atoms with Gasteiger partial charge in [-0.15, -0.1) is 0 Å². The van der Waals surface area contributed by atoms with E-state index < -0.39 is 0 Å². The number of hydrogen-bond donors (Lipinski definition) is 1. The van der Waals surface area contributed by atoms with E-state index in [2.05, 4.69) is 19.2 Å². The van der Waals surface area contributed by atoms with Crippen LogP contribution in [0, 0.1) is 11.3 Å². The van der Waals surface area contributed by atoms with Crippen molar-refractivity contribution in [3.05, 3.63) is 0 Å². The summed E-state index contributed by atoms with van der Waals surface area (Å²) in [5.41, 5.74) is 0.697. The van der Waals surface area contributed by atoms with Gasteiger partial charge in [0.2, 0.25) is 0 Å². The average Bonchev–Trinajstić information content (AvgIpc) is 2.05. The van der Waals surface area contributed by atoms with Crippen LogP contribution in [0.15, 0.2) is 0 Å². The SMILES string of the molecule is CC(C)CC12CCC(CC1)NC2. The third kappa shape index (κ3) is 1.52. The molecule has 3 fully saturated rings. The number of fused-ring (bicyclic) bond motifs is 3. The number of rotatable bonds is 2. The van der Waals surface area contributed by atoms with E-state index >= 15 is 0 Å². The summed E-state index contributed by atoms with van der Waals surface area (Å²) in [4.78, 5) is 0. The fraction of sp³-hybridized carbons (Fsp3) is 1.00. The molecule has 0 amide bonds. The Hall–Kier alpha value is -0.0400. The van der Waals surface area contributed by atoms with E-state index in [0.29, 0.717) is 5.41 Å². The number of piperidine rings is 2. The minimum atomic E-state index is 0.697. The summed E-state index contributed by atoms with van der Waals surface area (Å²) in [6.45, 7) is 6.01. The highest BCUT2D eigenvalue weighted by Gasteiger charge is 2.39. The molecule has 0 atom stereocenters. The maximum absolute atomic E-state index is 3.66. The van der Waals surface area contributed by atoms with Crippen LogP contribution in [0.5, 0.6) is 0 Å². The van der Waals surface area contributed by atoms with Crippen molar-refractivity contribution in [2.75, 3.05) is 6.54 Å². The highest BCUT2D eigenvalue weighted by molar-refractivity contribution is 4.95. The third-order valence-electron chi connectivity index (χ3n) is 3.65. The zero-order chi connectivity index (χ0) is 8.60. The normalized spacial score (nSPS) is 40.8. The number of nitrogens with one attached hydrogen (secondary N) is 1. The quantitative estimate of drug-likeness (QED) is 0.666. The van der Waals surface area contributed by atoms with Gasteiger partial charge in [0, 0.05) is 12.6 Å². The van der Waals surface area contributed by atoms with Crippen molar-refractivity contribution in [1.82, 2.24) is 5.32 Å². The molecule has 70 valence electrons. The monoisotopic (exact) mass is 167 g/mol. The van der Waals surface area contributed by atoms with Crippen LogP contribution in [0.4, 0.5) is 0 Å². The van der Waals surface area contributed by atoms with Crippen molar-refractivity contribution in [2.45, 2.75) is 52.0 Å². The van der Waals surface area contributed by atoms with E-state index in [-0.39, 0.29) is 0 Å². The Morgan fingerprint density at radius 1 is 1.33 bits per heavy atom. The maximum Gasteiger partial charge on any atom is 0.00677 e. The second kappa shape index (κ2) is 3.02. The van der Waals surface area contributed by atoms with Gasteiger partial charge in [0.15, 0.2) is 0 Å². The van der Waals surface area contributed by atoms with E-state index in [4.69, 9.17) is 0 Å². The van der Waals surface area contributed by atoms with Gasteiger partial charge >= 0.3 is 0 Å². The van der Waals surface area contributed by atoms with Gasteiger partial charge in [-0.3, -0.25) is 0 Å². The summed E-state index contributed by atoms with van der Waals surface area (Å²) >= 11 is 0. The first kappa shape index (κ1) is 8.55. The van der Waals surface area contributed by atoms with Gasteiger partial charge in [-0.25, -0.2) is 0 Å². The zero-order valence-corrected chi connectivity index (χ0v) is 8.40. The van der Waals surface area contributed by atoms with Crippen molar-refractivity contribution in [2.24, 2.45) is 11.3 Å². The molecule has 1 aliphatic carbocycles. The largest absolute Gasteiger partial charge is 0.313 e. The lowest BCUT2D eigenvalue weighted by Gasteiger charge is -2.48. The third-order valence-corrected chi connectivity index (χ3v) is 3.65. The van der Waals surface area contributed by atoms with Crippen LogP contribution in [-0.4, -0.2) is 12.6 Å². The van der Waals surface area contributed by atoms with Crippen LogP contribution in [-0.2, 0) is 0 Å². The van der Waals surface area contributed by atoms with Crippen LogP contribution in [0.25, 0.3) is 0 Å². The first-order valence-electron chi connectivity index (χ1n) is 5.44. The maximum atomic E-state index is 3.66. The average molecular weight is 167 g/mol. The van der Waals surface area contributed by atoms with Crippen LogP contribution in [0.1, 0.15) is 46.0 Å². The summed E-state index contributed by atoms with van der Waals surface area (Å²) in [5, 5.41) is 3.66. The molecule has 0 spiro atoms. The Labute approximate surface area is 75.9 Å². The molecule has 2 saturated heterocycles. The van der Waals surface area contributed by atoms with E-state index in [1.54, 1.807) is 0 Å². The van der Waals surface area contributed by atoms with E-state index in [0.717, 1.165) is 12.0 Å². The standard InChI is InChI=1S/C11H21N/c1-9(2)7-11-5-3-10(4-6-11)12-8-11/h9-10,12H,3-8H2,1-2H3.